The van der Waals surface area contributed by atoms with Gasteiger partial charge in [0.15, 0.2) is 0 Å². The summed E-state index contributed by atoms with van der Waals surface area (Å²) in [6, 6.07) is 7.94. The van der Waals surface area contributed by atoms with Gasteiger partial charge in [-0.2, -0.15) is 5.26 Å². The van der Waals surface area contributed by atoms with E-state index >= 15 is 0 Å². The number of hydrogen-bond donors (Lipinski definition) is 0. The second-order valence-corrected chi connectivity index (χ2v) is 5.02. The highest BCUT2D eigenvalue weighted by atomic mass is 15.1. The standard InChI is InChI=1S/C14H17N3/c1-5-14(2,3)13-16-12-10(9-15)7-6-8-11(12)17(13)4/h6-8H,5H2,1-4H3. The van der Waals surface area contributed by atoms with E-state index in [2.05, 4.69) is 36.4 Å². The molecule has 0 radical (unpaired) electrons. The van der Waals surface area contributed by atoms with Crippen molar-refractivity contribution in [3.05, 3.63) is 29.6 Å². The first kappa shape index (κ1) is 11.7. The lowest BCUT2D eigenvalue weighted by Crippen LogP contribution is -2.20. The van der Waals surface area contributed by atoms with Crippen LogP contribution in [0.15, 0.2) is 18.2 Å². The molecule has 0 amide bonds. The molecule has 17 heavy (non-hydrogen) atoms. The smallest absolute Gasteiger partial charge is 0.115 e. The number of imidazole rings is 1. The fourth-order valence-electron chi connectivity index (χ4n) is 2.07. The second kappa shape index (κ2) is 3.89. The fraction of sp³-hybridized carbons (Fsp3) is 0.429. The highest BCUT2D eigenvalue weighted by molar-refractivity contribution is 5.82. The van der Waals surface area contributed by atoms with Crippen LogP contribution in [0.2, 0.25) is 0 Å². The van der Waals surface area contributed by atoms with Crippen molar-refractivity contribution in [2.24, 2.45) is 7.05 Å². The molecule has 0 saturated carbocycles. The molecule has 0 aliphatic heterocycles. The fourth-order valence-corrected chi connectivity index (χ4v) is 2.07. The van der Waals surface area contributed by atoms with Crippen LogP contribution in [0, 0.1) is 11.3 Å². The van der Waals surface area contributed by atoms with E-state index in [4.69, 9.17) is 5.26 Å². The van der Waals surface area contributed by atoms with Gasteiger partial charge in [-0.3, -0.25) is 0 Å². The minimum atomic E-state index is 0.0283. The lowest BCUT2D eigenvalue weighted by Gasteiger charge is -2.21. The Bertz CT molecular complexity index is 600. The molecule has 0 atom stereocenters. The van der Waals surface area contributed by atoms with Crippen LogP contribution in [-0.4, -0.2) is 9.55 Å². The van der Waals surface area contributed by atoms with Gasteiger partial charge in [-0.1, -0.05) is 26.8 Å². The summed E-state index contributed by atoms with van der Waals surface area (Å²) >= 11 is 0. The summed E-state index contributed by atoms with van der Waals surface area (Å²) in [6.45, 7) is 6.52. The number of aryl methyl sites for hydroxylation is 1. The molecule has 1 aromatic heterocycles. The van der Waals surface area contributed by atoms with Crippen molar-refractivity contribution < 1.29 is 0 Å². The van der Waals surface area contributed by atoms with Crippen LogP contribution in [0.25, 0.3) is 11.0 Å². The van der Waals surface area contributed by atoms with Crippen LogP contribution in [-0.2, 0) is 12.5 Å². The first-order chi connectivity index (χ1) is 8.01. The van der Waals surface area contributed by atoms with Crippen molar-refractivity contribution in [2.45, 2.75) is 32.6 Å². The van der Waals surface area contributed by atoms with Crippen molar-refractivity contribution in [3.63, 3.8) is 0 Å². The Morgan fingerprint density at radius 2 is 2.12 bits per heavy atom. The molecule has 0 bridgehead atoms. The summed E-state index contributed by atoms with van der Waals surface area (Å²) in [4.78, 5) is 4.67. The van der Waals surface area contributed by atoms with Gasteiger partial charge in [-0.05, 0) is 18.6 Å². The molecular formula is C14H17N3. The second-order valence-electron chi connectivity index (χ2n) is 5.02. The third-order valence-corrected chi connectivity index (χ3v) is 3.52. The monoisotopic (exact) mass is 227 g/mol. The Kier molecular flexibility index (Phi) is 2.66. The molecule has 2 rings (SSSR count). The van der Waals surface area contributed by atoms with Crippen LogP contribution in [0.1, 0.15) is 38.6 Å². The Hall–Kier alpha value is -1.82. The van der Waals surface area contributed by atoms with E-state index in [0.29, 0.717) is 5.56 Å². The molecular weight excluding hydrogens is 210 g/mol. The quantitative estimate of drug-likeness (QED) is 0.791. The zero-order valence-corrected chi connectivity index (χ0v) is 10.8. The van der Waals surface area contributed by atoms with Crippen molar-refractivity contribution in [2.75, 3.05) is 0 Å². The Labute approximate surface area is 102 Å². The van der Waals surface area contributed by atoms with E-state index in [1.165, 1.54) is 0 Å². The average Bonchev–Trinajstić information content (AvgIpc) is 2.68. The van der Waals surface area contributed by atoms with Crippen molar-refractivity contribution in [1.29, 1.82) is 5.26 Å². The van der Waals surface area contributed by atoms with Gasteiger partial charge in [-0.15, -0.1) is 0 Å². The number of aromatic nitrogens is 2. The number of fused-ring (bicyclic) bond motifs is 1. The molecule has 0 fully saturated rings. The molecule has 3 heteroatoms. The van der Waals surface area contributed by atoms with E-state index in [-0.39, 0.29) is 5.41 Å². The van der Waals surface area contributed by atoms with E-state index < -0.39 is 0 Å². The lowest BCUT2D eigenvalue weighted by molar-refractivity contribution is 0.460. The Morgan fingerprint density at radius 1 is 1.41 bits per heavy atom. The number of hydrogen-bond acceptors (Lipinski definition) is 2. The summed E-state index contributed by atoms with van der Waals surface area (Å²) in [5, 5.41) is 9.10. The minimum Gasteiger partial charge on any atom is -0.331 e. The molecule has 0 saturated heterocycles. The number of nitriles is 1. The normalized spacial score (nSPS) is 11.7. The highest BCUT2D eigenvalue weighted by Crippen LogP contribution is 2.29. The predicted octanol–water partition coefficient (Wildman–Crippen LogP) is 3.13. The van der Waals surface area contributed by atoms with E-state index in [1.807, 2.05) is 25.2 Å². The topological polar surface area (TPSA) is 41.6 Å². The molecule has 0 N–H and O–H groups in total. The molecule has 1 heterocycles. The zero-order chi connectivity index (χ0) is 12.6. The summed E-state index contributed by atoms with van der Waals surface area (Å²) in [5.41, 5.74) is 2.52. The van der Waals surface area contributed by atoms with Crippen LogP contribution in [0.5, 0.6) is 0 Å². The largest absolute Gasteiger partial charge is 0.331 e. The van der Waals surface area contributed by atoms with Crippen molar-refractivity contribution in [1.82, 2.24) is 9.55 Å². The van der Waals surface area contributed by atoms with Gasteiger partial charge in [-0.25, -0.2) is 4.98 Å². The molecule has 2 aromatic rings. The van der Waals surface area contributed by atoms with E-state index in [9.17, 15) is 0 Å². The van der Waals surface area contributed by atoms with Crippen molar-refractivity contribution in [3.8, 4) is 6.07 Å². The third-order valence-electron chi connectivity index (χ3n) is 3.52. The molecule has 0 unspecified atom stereocenters. The number of para-hydroxylation sites is 1. The maximum atomic E-state index is 9.10. The maximum Gasteiger partial charge on any atom is 0.115 e. The number of nitrogens with zero attached hydrogens (tertiary/aromatic N) is 3. The van der Waals surface area contributed by atoms with Gasteiger partial charge < -0.3 is 4.57 Å². The van der Waals surface area contributed by atoms with E-state index in [1.54, 1.807) is 0 Å². The van der Waals surface area contributed by atoms with Gasteiger partial charge in [0.1, 0.15) is 17.4 Å². The maximum absolute atomic E-state index is 9.10. The number of rotatable bonds is 2. The van der Waals surface area contributed by atoms with Crippen molar-refractivity contribution >= 4 is 11.0 Å². The van der Waals surface area contributed by atoms with Crippen LogP contribution in [0.3, 0.4) is 0 Å². The predicted molar refractivity (Wildman–Crippen MR) is 68.7 cm³/mol. The lowest BCUT2D eigenvalue weighted by atomic mass is 9.89. The zero-order valence-electron chi connectivity index (χ0n) is 10.8. The highest BCUT2D eigenvalue weighted by Gasteiger charge is 2.25. The van der Waals surface area contributed by atoms with Crippen LogP contribution in [0.4, 0.5) is 0 Å². The molecule has 1 aromatic carbocycles. The van der Waals surface area contributed by atoms with Crippen LogP contribution < -0.4 is 0 Å². The molecule has 0 aliphatic carbocycles. The van der Waals surface area contributed by atoms with Gasteiger partial charge in [0.05, 0.1) is 11.1 Å². The number of benzene rings is 1. The minimum absolute atomic E-state index is 0.0283. The van der Waals surface area contributed by atoms with Gasteiger partial charge in [0, 0.05) is 12.5 Å². The summed E-state index contributed by atoms with van der Waals surface area (Å²) in [6.07, 6.45) is 1.02. The Balaban J connectivity index is 2.78. The first-order valence-electron chi connectivity index (χ1n) is 5.87. The molecule has 0 aliphatic rings. The summed E-state index contributed by atoms with van der Waals surface area (Å²) in [7, 11) is 2.02. The summed E-state index contributed by atoms with van der Waals surface area (Å²) < 4.78 is 2.10. The molecule has 0 spiro atoms. The SMILES string of the molecule is CCC(C)(C)c1nc2c(C#N)cccc2n1C. The van der Waals surface area contributed by atoms with E-state index in [0.717, 1.165) is 23.3 Å². The third kappa shape index (κ3) is 1.70. The van der Waals surface area contributed by atoms with Gasteiger partial charge >= 0.3 is 0 Å². The Morgan fingerprint density at radius 3 is 2.71 bits per heavy atom. The molecule has 3 nitrogen and oxygen atoms in total. The van der Waals surface area contributed by atoms with Gasteiger partial charge in [0.2, 0.25) is 0 Å². The van der Waals surface area contributed by atoms with Crippen LogP contribution >= 0.6 is 0 Å². The first-order valence-corrected chi connectivity index (χ1v) is 5.87. The summed E-state index contributed by atoms with van der Waals surface area (Å²) in [5.74, 6) is 1.04. The molecule has 88 valence electrons. The van der Waals surface area contributed by atoms with Gasteiger partial charge in [0.25, 0.3) is 0 Å². The average molecular weight is 227 g/mol.